The van der Waals surface area contributed by atoms with Crippen molar-refractivity contribution in [1.29, 1.82) is 0 Å². The maximum absolute atomic E-state index is 12.7. The third-order valence-electron chi connectivity index (χ3n) is 3.49. The van der Waals surface area contributed by atoms with Crippen LogP contribution >= 0.6 is 0 Å². The van der Waals surface area contributed by atoms with Crippen LogP contribution in [0, 0.1) is 5.92 Å². The Hall–Kier alpha value is -2.31. The molecule has 7 nitrogen and oxygen atoms in total. The molecule has 0 radical (unpaired) electrons. The van der Waals surface area contributed by atoms with E-state index < -0.39 is 35.0 Å². The summed E-state index contributed by atoms with van der Waals surface area (Å²) >= 11 is 0. The Morgan fingerprint density at radius 1 is 0.929 bits per heavy atom. The van der Waals surface area contributed by atoms with Crippen LogP contribution in [0.3, 0.4) is 0 Å². The lowest BCUT2D eigenvalue weighted by Crippen LogP contribution is -2.35. The summed E-state index contributed by atoms with van der Waals surface area (Å²) in [6, 6.07) is 0. The zero-order valence-corrected chi connectivity index (χ0v) is 18.4. The van der Waals surface area contributed by atoms with E-state index in [-0.39, 0.29) is 23.8 Å². The third kappa shape index (κ3) is 7.74. The number of carbonyl (C=O) groups is 3. The second kappa shape index (κ2) is 8.80. The van der Waals surface area contributed by atoms with Gasteiger partial charge in [-0.2, -0.15) is 0 Å². The zero-order valence-electron chi connectivity index (χ0n) is 18.4. The van der Waals surface area contributed by atoms with E-state index in [0.29, 0.717) is 0 Å². The van der Waals surface area contributed by atoms with E-state index in [2.05, 4.69) is 0 Å². The molecule has 1 rings (SSSR count). The minimum Gasteiger partial charge on any atom is -0.462 e. The van der Waals surface area contributed by atoms with Gasteiger partial charge in [0.2, 0.25) is 0 Å². The van der Waals surface area contributed by atoms with Crippen LogP contribution in [0.2, 0.25) is 0 Å². The molecule has 0 aliphatic carbocycles. The first-order chi connectivity index (χ1) is 12.6. The summed E-state index contributed by atoms with van der Waals surface area (Å²) < 4.78 is 16.1. The molecule has 0 spiro atoms. The maximum Gasteiger partial charge on any atom is 0.336 e. The van der Waals surface area contributed by atoms with Crippen molar-refractivity contribution in [3.05, 3.63) is 23.5 Å². The molecule has 1 aliphatic rings. The molecule has 1 aliphatic heterocycles. The van der Waals surface area contributed by atoms with Crippen molar-refractivity contribution in [1.82, 2.24) is 4.90 Å². The van der Waals surface area contributed by atoms with E-state index in [1.165, 1.54) is 17.3 Å². The Bertz CT molecular complexity index is 630. The van der Waals surface area contributed by atoms with E-state index in [9.17, 15) is 14.4 Å². The molecular formula is C21H33NO6. The summed E-state index contributed by atoms with van der Waals surface area (Å²) in [6.07, 6.45) is 2.78. The molecule has 0 fully saturated rings. The largest absolute Gasteiger partial charge is 0.462 e. The summed E-state index contributed by atoms with van der Waals surface area (Å²) in [5.41, 5.74) is -0.829. The average molecular weight is 395 g/mol. The van der Waals surface area contributed by atoms with Gasteiger partial charge in [0.25, 0.3) is 0 Å². The third-order valence-corrected chi connectivity index (χ3v) is 3.49. The summed E-state index contributed by atoms with van der Waals surface area (Å²) in [5, 5.41) is 0. The molecule has 0 aromatic rings. The quantitative estimate of drug-likeness (QED) is 0.521. The number of esters is 3. The van der Waals surface area contributed by atoms with Gasteiger partial charge in [0.05, 0.1) is 17.3 Å². The Morgan fingerprint density at radius 3 is 1.64 bits per heavy atom. The van der Waals surface area contributed by atoms with Crippen molar-refractivity contribution in [2.24, 2.45) is 5.92 Å². The topological polar surface area (TPSA) is 82.1 Å². The molecule has 158 valence electrons. The van der Waals surface area contributed by atoms with Crippen LogP contribution in [-0.2, 0) is 28.6 Å². The number of carbonyl (C=O) groups excluding carboxylic acids is 3. The highest BCUT2D eigenvalue weighted by molar-refractivity contribution is 5.96. The molecule has 0 saturated heterocycles. The molecule has 7 heteroatoms. The fraction of sp³-hybridized carbons (Fsp3) is 0.667. The highest BCUT2D eigenvalue weighted by Gasteiger charge is 2.34. The van der Waals surface area contributed by atoms with Crippen LogP contribution in [0.1, 0.15) is 62.3 Å². The lowest BCUT2D eigenvalue weighted by molar-refractivity contribution is -0.152. The van der Waals surface area contributed by atoms with Gasteiger partial charge in [-0.1, -0.05) is 6.92 Å². The smallest absolute Gasteiger partial charge is 0.336 e. The molecule has 0 saturated carbocycles. The highest BCUT2D eigenvalue weighted by atomic mass is 16.6. The Morgan fingerprint density at radius 2 is 1.32 bits per heavy atom. The first-order valence-corrected chi connectivity index (χ1v) is 9.44. The number of hydrogen-bond donors (Lipinski definition) is 0. The van der Waals surface area contributed by atoms with Crippen LogP contribution in [0.15, 0.2) is 23.5 Å². The average Bonchev–Trinajstić information content (AvgIpc) is 2.44. The lowest BCUT2D eigenvalue weighted by Gasteiger charge is -2.31. The minimum absolute atomic E-state index is 0.135. The Balaban J connectivity index is 3.19. The molecule has 1 heterocycles. The standard InChI is InChI=1S/C21H33NO6/c1-13(2)26-17(23)12-22-10-15(18(24)27-20(4,5)6)14(3)16(11-22)19(25)28-21(7,8)9/h10-11,13-14H,12H2,1-9H3. The van der Waals surface area contributed by atoms with Gasteiger partial charge in [0.1, 0.15) is 17.7 Å². The molecule has 0 aromatic heterocycles. The van der Waals surface area contributed by atoms with E-state index in [4.69, 9.17) is 14.2 Å². The first kappa shape index (κ1) is 23.7. The fourth-order valence-electron chi connectivity index (χ4n) is 2.46. The fourth-order valence-corrected chi connectivity index (χ4v) is 2.46. The molecule has 0 atom stereocenters. The number of hydrogen-bond acceptors (Lipinski definition) is 7. The first-order valence-electron chi connectivity index (χ1n) is 9.44. The predicted octanol–water partition coefficient (Wildman–Crippen LogP) is 3.34. The highest BCUT2D eigenvalue weighted by Crippen LogP contribution is 2.30. The lowest BCUT2D eigenvalue weighted by atomic mass is 9.91. The van der Waals surface area contributed by atoms with Crippen LogP contribution in [0.4, 0.5) is 0 Å². The molecule has 28 heavy (non-hydrogen) atoms. The van der Waals surface area contributed by atoms with Gasteiger partial charge in [0.15, 0.2) is 0 Å². The molecule has 0 amide bonds. The van der Waals surface area contributed by atoms with Gasteiger partial charge in [-0.15, -0.1) is 0 Å². The monoisotopic (exact) mass is 395 g/mol. The van der Waals surface area contributed by atoms with Gasteiger partial charge < -0.3 is 19.1 Å². The van der Waals surface area contributed by atoms with Gasteiger partial charge >= 0.3 is 17.9 Å². The van der Waals surface area contributed by atoms with E-state index >= 15 is 0 Å². The SMILES string of the molecule is CC(C)OC(=O)CN1C=C(C(=O)OC(C)(C)C)C(C)C(C(=O)OC(C)(C)C)=C1. The molecule has 0 bridgehead atoms. The van der Waals surface area contributed by atoms with E-state index in [1.54, 1.807) is 62.3 Å². The number of rotatable bonds is 5. The van der Waals surface area contributed by atoms with Crippen LogP contribution in [0.25, 0.3) is 0 Å². The molecule has 0 unspecified atom stereocenters. The molecule has 0 aromatic carbocycles. The zero-order chi connectivity index (χ0) is 21.9. The van der Waals surface area contributed by atoms with Gasteiger partial charge in [-0.05, 0) is 55.4 Å². The second-order valence-electron chi connectivity index (χ2n) is 9.11. The maximum atomic E-state index is 12.7. The van der Waals surface area contributed by atoms with Crippen molar-refractivity contribution >= 4 is 17.9 Å². The second-order valence-corrected chi connectivity index (χ2v) is 9.11. The summed E-state index contributed by atoms with van der Waals surface area (Å²) in [4.78, 5) is 38.9. The van der Waals surface area contributed by atoms with E-state index in [0.717, 1.165) is 0 Å². The molecule has 0 N–H and O–H groups in total. The predicted molar refractivity (Wildman–Crippen MR) is 105 cm³/mol. The van der Waals surface area contributed by atoms with Crippen molar-refractivity contribution < 1.29 is 28.6 Å². The Kier molecular flexibility index (Phi) is 7.45. The van der Waals surface area contributed by atoms with Crippen LogP contribution in [0.5, 0.6) is 0 Å². The van der Waals surface area contributed by atoms with Gasteiger partial charge in [-0.25, -0.2) is 9.59 Å². The number of nitrogens with zero attached hydrogens (tertiary/aromatic N) is 1. The van der Waals surface area contributed by atoms with Crippen LogP contribution < -0.4 is 0 Å². The summed E-state index contributed by atoms with van der Waals surface area (Å²) in [5.74, 6) is -2.10. The van der Waals surface area contributed by atoms with Crippen molar-refractivity contribution in [3.8, 4) is 0 Å². The van der Waals surface area contributed by atoms with Crippen molar-refractivity contribution in [2.45, 2.75) is 79.6 Å². The Labute approximate surface area is 167 Å². The van der Waals surface area contributed by atoms with Crippen molar-refractivity contribution in [3.63, 3.8) is 0 Å². The van der Waals surface area contributed by atoms with Crippen molar-refractivity contribution in [2.75, 3.05) is 6.54 Å². The number of ether oxygens (including phenoxy) is 3. The van der Waals surface area contributed by atoms with Crippen LogP contribution in [-0.4, -0.2) is 46.7 Å². The summed E-state index contributed by atoms with van der Waals surface area (Å²) in [6.45, 7) is 15.7. The normalized spacial score (nSPS) is 15.7. The summed E-state index contributed by atoms with van der Waals surface area (Å²) in [7, 11) is 0. The minimum atomic E-state index is -0.688. The van der Waals surface area contributed by atoms with Gasteiger partial charge in [-0.3, -0.25) is 4.79 Å². The van der Waals surface area contributed by atoms with Gasteiger partial charge in [0, 0.05) is 18.3 Å². The van der Waals surface area contributed by atoms with E-state index in [1.807, 2.05) is 0 Å². The molecular weight excluding hydrogens is 362 g/mol.